The van der Waals surface area contributed by atoms with Crippen LogP contribution in [0.1, 0.15) is 0 Å². The van der Waals surface area contributed by atoms with Crippen LogP contribution in [-0.2, 0) is 4.74 Å². The molecule has 1 aliphatic heterocycles. The monoisotopic (exact) mass is 249 g/mol. The van der Waals surface area contributed by atoms with Crippen LogP contribution >= 0.6 is 23.1 Å². The Kier molecular flexibility index (Phi) is 3.60. The smallest absolute Gasteiger partial charge is 0.152 e. The summed E-state index contributed by atoms with van der Waals surface area (Å²) < 4.78 is 6.06. The molecule has 0 bridgehead atoms. The Balaban J connectivity index is 1.99. The highest BCUT2D eigenvalue weighted by Gasteiger charge is 2.43. The summed E-state index contributed by atoms with van der Waals surface area (Å²) in [4.78, 5) is 4.04. The van der Waals surface area contributed by atoms with Crippen LogP contribution in [0, 0.1) is 0 Å². The molecule has 0 aromatic carbocycles. The lowest BCUT2D eigenvalue weighted by atomic mass is 10.2. The lowest BCUT2D eigenvalue weighted by Gasteiger charge is -2.11. The minimum Gasteiger partial charge on any atom is -0.394 e. The van der Waals surface area contributed by atoms with Crippen molar-refractivity contribution in [1.82, 2.24) is 4.98 Å². The zero-order chi connectivity index (χ0) is 10.8. The van der Waals surface area contributed by atoms with Crippen LogP contribution in [-0.4, -0.2) is 50.7 Å². The summed E-state index contributed by atoms with van der Waals surface area (Å²) >= 11 is 2.69. The predicted molar refractivity (Wildman–Crippen MR) is 55.7 cm³/mol. The maximum atomic E-state index is 9.63. The SMILES string of the molecule is OC[C@@H]1O[C@@H](Sc2nccs2)[C@H](O)[C@H]1O. The summed E-state index contributed by atoms with van der Waals surface area (Å²) in [5, 5.41) is 29.8. The molecule has 4 atom stereocenters. The Morgan fingerprint density at radius 1 is 1.47 bits per heavy atom. The maximum absolute atomic E-state index is 9.63. The second kappa shape index (κ2) is 4.77. The van der Waals surface area contributed by atoms with E-state index in [2.05, 4.69) is 4.98 Å². The van der Waals surface area contributed by atoms with Crippen LogP contribution in [0.15, 0.2) is 15.9 Å². The Morgan fingerprint density at radius 3 is 2.80 bits per heavy atom. The number of aliphatic hydroxyl groups is 3. The van der Waals surface area contributed by atoms with Crippen molar-refractivity contribution in [1.29, 1.82) is 0 Å². The first-order chi connectivity index (χ1) is 7.22. The van der Waals surface area contributed by atoms with Gasteiger partial charge in [0.25, 0.3) is 0 Å². The van der Waals surface area contributed by atoms with Crippen LogP contribution in [0.5, 0.6) is 0 Å². The van der Waals surface area contributed by atoms with E-state index in [4.69, 9.17) is 9.84 Å². The fourth-order valence-electron chi connectivity index (χ4n) is 1.33. The van der Waals surface area contributed by atoms with Crippen molar-refractivity contribution >= 4 is 23.1 Å². The van der Waals surface area contributed by atoms with E-state index in [0.717, 1.165) is 4.34 Å². The van der Waals surface area contributed by atoms with Crippen LogP contribution < -0.4 is 0 Å². The van der Waals surface area contributed by atoms with Crippen molar-refractivity contribution in [2.45, 2.75) is 28.1 Å². The Hall–Kier alpha value is -0.180. The molecule has 2 rings (SSSR count). The van der Waals surface area contributed by atoms with Crippen molar-refractivity contribution in [3.63, 3.8) is 0 Å². The van der Waals surface area contributed by atoms with Crippen molar-refractivity contribution in [2.24, 2.45) is 0 Å². The maximum Gasteiger partial charge on any atom is 0.152 e. The molecule has 2 heterocycles. The average Bonchev–Trinajstić information content (AvgIpc) is 2.82. The number of aliphatic hydroxyl groups excluding tert-OH is 3. The lowest BCUT2D eigenvalue weighted by molar-refractivity contribution is -0.00808. The zero-order valence-corrected chi connectivity index (χ0v) is 9.32. The average molecular weight is 249 g/mol. The molecule has 0 amide bonds. The molecule has 0 radical (unpaired) electrons. The summed E-state index contributed by atoms with van der Waals surface area (Å²) in [5.74, 6) is 0. The van der Waals surface area contributed by atoms with E-state index in [1.165, 1.54) is 23.1 Å². The minimum atomic E-state index is -1.03. The number of thioether (sulfide) groups is 1. The van der Waals surface area contributed by atoms with E-state index in [-0.39, 0.29) is 6.61 Å². The van der Waals surface area contributed by atoms with Gasteiger partial charge in [0.1, 0.15) is 23.7 Å². The van der Waals surface area contributed by atoms with Crippen molar-refractivity contribution < 1.29 is 20.1 Å². The van der Waals surface area contributed by atoms with E-state index < -0.39 is 23.7 Å². The molecule has 1 fully saturated rings. The molecule has 84 valence electrons. The predicted octanol–water partition coefficient (Wildman–Crippen LogP) is -0.326. The molecule has 1 aromatic heterocycles. The molecular formula is C8H11NO4S2. The largest absolute Gasteiger partial charge is 0.394 e. The Morgan fingerprint density at radius 2 is 2.27 bits per heavy atom. The Labute approximate surface area is 94.7 Å². The molecule has 15 heavy (non-hydrogen) atoms. The number of hydrogen-bond acceptors (Lipinski definition) is 7. The molecule has 1 aliphatic rings. The molecule has 0 unspecified atom stereocenters. The van der Waals surface area contributed by atoms with Gasteiger partial charge in [-0.3, -0.25) is 0 Å². The number of thiazole rings is 1. The third-order valence-electron chi connectivity index (χ3n) is 2.13. The van der Waals surface area contributed by atoms with Gasteiger partial charge in [-0.05, 0) is 0 Å². The third-order valence-corrected chi connectivity index (χ3v) is 4.20. The minimum absolute atomic E-state index is 0.298. The zero-order valence-electron chi connectivity index (χ0n) is 7.68. The quantitative estimate of drug-likeness (QED) is 0.680. The molecule has 1 aromatic rings. The van der Waals surface area contributed by atoms with Gasteiger partial charge < -0.3 is 20.1 Å². The fraction of sp³-hybridized carbons (Fsp3) is 0.625. The first-order valence-electron chi connectivity index (χ1n) is 4.41. The van der Waals surface area contributed by atoms with Gasteiger partial charge in [-0.2, -0.15) is 0 Å². The topological polar surface area (TPSA) is 82.8 Å². The van der Waals surface area contributed by atoms with Gasteiger partial charge in [0.2, 0.25) is 0 Å². The van der Waals surface area contributed by atoms with Crippen molar-refractivity contribution in [3.05, 3.63) is 11.6 Å². The summed E-state index contributed by atoms with van der Waals surface area (Å²) in [7, 11) is 0. The van der Waals surface area contributed by atoms with Gasteiger partial charge >= 0.3 is 0 Å². The molecule has 7 heteroatoms. The van der Waals surface area contributed by atoms with Gasteiger partial charge in [0.15, 0.2) is 4.34 Å². The highest BCUT2D eigenvalue weighted by molar-refractivity contribution is 8.01. The normalized spacial score (nSPS) is 35.9. The summed E-state index contributed by atoms with van der Waals surface area (Å²) in [6.07, 6.45) is -1.07. The van der Waals surface area contributed by atoms with E-state index in [0.29, 0.717) is 0 Å². The van der Waals surface area contributed by atoms with Gasteiger partial charge in [-0.25, -0.2) is 4.98 Å². The summed E-state index contributed by atoms with van der Waals surface area (Å²) in [5.41, 5.74) is -0.566. The number of aromatic nitrogens is 1. The fourth-order valence-corrected chi connectivity index (χ4v) is 3.18. The van der Waals surface area contributed by atoms with E-state index in [1.54, 1.807) is 6.20 Å². The van der Waals surface area contributed by atoms with Gasteiger partial charge in [0, 0.05) is 11.6 Å². The van der Waals surface area contributed by atoms with Crippen molar-refractivity contribution in [2.75, 3.05) is 6.61 Å². The molecule has 5 nitrogen and oxygen atoms in total. The van der Waals surface area contributed by atoms with Gasteiger partial charge in [-0.1, -0.05) is 11.8 Å². The van der Waals surface area contributed by atoms with Gasteiger partial charge in [-0.15, -0.1) is 11.3 Å². The lowest BCUT2D eigenvalue weighted by Crippen LogP contribution is -2.33. The van der Waals surface area contributed by atoms with E-state index in [1.807, 2.05) is 5.38 Å². The van der Waals surface area contributed by atoms with Crippen molar-refractivity contribution in [3.8, 4) is 0 Å². The number of ether oxygens (including phenoxy) is 1. The standard InChI is InChI=1S/C8H11NO4S2/c10-3-4-5(11)6(12)7(13-4)15-8-9-1-2-14-8/h1-2,4-7,10-12H,3H2/t4-,5-,6+,7-/m0/s1. The molecule has 0 spiro atoms. The van der Waals surface area contributed by atoms with E-state index >= 15 is 0 Å². The number of hydrogen-bond donors (Lipinski definition) is 3. The molecular weight excluding hydrogens is 238 g/mol. The highest BCUT2D eigenvalue weighted by atomic mass is 32.2. The summed E-state index contributed by atoms with van der Waals surface area (Å²) in [6.45, 7) is -0.298. The molecule has 3 N–H and O–H groups in total. The highest BCUT2D eigenvalue weighted by Crippen LogP contribution is 2.34. The third kappa shape index (κ3) is 2.32. The first-order valence-corrected chi connectivity index (χ1v) is 6.17. The number of nitrogens with zero attached hydrogens (tertiary/aromatic N) is 1. The van der Waals surface area contributed by atoms with Crippen LogP contribution in [0.4, 0.5) is 0 Å². The van der Waals surface area contributed by atoms with Crippen LogP contribution in [0.25, 0.3) is 0 Å². The summed E-state index contributed by atoms with van der Waals surface area (Å²) in [6, 6.07) is 0. The van der Waals surface area contributed by atoms with Gasteiger partial charge in [0.05, 0.1) is 6.61 Å². The number of rotatable bonds is 3. The second-order valence-electron chi connectivity index (χ2n) is 3.12. The molecule has 0 saturated carbocycles. The first kappa shape index (κ1) is 11.3. The van der Waals surface area contributed by atoms with E-state index in [9.17, 15) is 10.2 Å². The molecule has 1 saturated heterocycles. The van der Waals surface area contributed by atoms with Crippen LogP contribution in [0.3, 0.4) is 0 Å². The Bertz CT molecular complexity index is 308. The molecule has 0 aliphatic carbocycles. The van der Waals surface area contributed by atoms with Crippen LogP contribution in [0.2, 0.25) is 0 Å². The second-order valence-corrected chi connectivity index (χ2v) is 5.36.